The number of nitrogens with two attached hydrogens (primary N) is 1. The zero-order valence-corrected chi connectivity index (χ0v) is 14.5. The molecule has 1 rings (SSSR count). The first-order valence-corrected chi connectivity index (χ1v) is 8.12. The van der Waals surface area contributed by atoms with Crippen LogP contribution in [-0.4, -0.2) is 32.2 Å². The molecule has 1 aliphatic rings. The van der Waals surface area contributed by atoms with Gasteiger partial charge in [0.2, 0.25) is 5.91 Å². The molecule has 0 bridgehead atoms. The molecule has 0 aromatic heterocycles. The van der Waals surface area contributed by atoms with Crippen molar-refractivity contribution < 1.29 is 9.53 Å². The molecular weight excluding hydrogens is 288 g/mol. The van der Waals surface area contributed by atoms with E-state index in [1.807, 2.05) is 0 Å². The average Bonchev–Trinajstić information content (AvgIpc) is 2.43. The van der Waals surface area contributed by atoms with Crippen molar-refractivity contribution in [2.75, 3.05) is 26.3 Å². The Morgan fingerprint density at radius 3 is 2.52 bits per heavy atom. The van der Waals surface area contributed by atoms with Crippen LogP contribution in [0.15, 0.2) is 0 Å². The van der Waals surface area contributed by atoms with Crippen LogP contribution in [-0.2, 0) is 9.53 Å². The molecule has 1 fully saturated rings. The van der Waals surface area contributed by atoms with Gasteiger partial charge < -0.3 is 15.8 Å². The number of carbonyl (C=O) groups is 1. The van der Waals surface area contributed by atoms with Crippen molar-refractivity contribution in [2.24, 2.45) is 17.1 Å². The van der Waals surface area contributed by atoms with Gasteiger partial charge in [0.05, 0.1) is 0 Å². The Morgan fingerprint density at radius 1 is 1.29 bits per heavy atom. The molecule has 0 aromatic rings. The molecule has 0 saturated heterocycles. The van der Waals surface area contributed by atoms with Gasteiger partial charge in [0.1, 0.15) is 0 Å². The quantitative estimate of drug-likeness (QED) is 0.642. The highest BCUT2D eigenvalue weighted by molar-refractivity contribution is 5.85. The molecule has 1 aliphatic carbocycles. The molecule has 0 atom stereocenters. The zero-order valence-electron chi connectivity index (χ0n) is 13.7. The lowest BCUT2D eigenvalue weighted by Crippen LogP contribution is -2.39. The van der Waals surface area contributed by atoms with Crippen molar-refractivity contribution in [1.82, 2.24) is 5.32 Å². The summed E-state index contributed by atoms with van der Waals surface area (Å²) < 4.78 is 5.50. The van der Waals surface area contributed by atoms with Crippen LogP contribution in [0.25, 0.3) is 0 Å². The van der Waals surface area contributed by atoms with Crippen LogP contribution in [0.5, 0.6) is 0 Å². The predicted octanol–water partition coefficient (Wildman–Crippen LogP) is 2.89. The van der Waals surface area contributed by atoms with E-state index in [9.17, 15) is 4.79 Å². The maximum atomic E-state index is 12.0. The fraction of sp³-hybridized carbons (Fsp3) is 0.938. The minimum absolute atomic E-state index is 0. The van der Waals surface area contributed by atoms with Crippen molar-refractivity contribution in [2.45, 2.75) is 58.8 Å². The highest BCUT2D eigenvalue weighted by atomic mass is 35.5. The summed E-state index contributed by atoms with van der Waals surface area (Å²) in [5.74, 6) is 0.724. The van der Waals surface area contributed by atoms with Gasteiger partial charge in [-0.3, -0.25) is 4.79 Å². The highest BCUT2D eigenvalue weighted by Crippen LogP contribution is 2.38. The maximum absolute atomic E-state index is 12.0. The van der Waals surface area contributed by atoms with E-state index in [0.29, 0.717) is 25.4 Å². The van der Waals surface area contributed by atoms with Crippen LogP contribution in [0.1, 0.15) is 58.8 Å². The van der Waals surface area contributed by atoms with Crippen LogP contribution >= 0.6 is 12.4 Å². The molecule has 21 heavy (non-hydrogen) atoms. The first-order valence-electron chi connectivity index (χ1n) is 8.12. The van der Waals surface area contributed by atoms with E-state index < -0.39 is 0 Å². The standard InChI is InChI=1S/C16H32N2O2.ClH/c1-14(2)12-20-10-6-9-18-15(19)11-16(13-17)7-4-3-5-8-16;/h14H,3-13,17H2,1-2H3,(H,18,19);1H. The van der Waals surface area contributed by atoms with Gasteiger partial charge in [0.15, 0.2) is 0 Å². The Bertz CT molecular complexity index is 279. The van der Waals surface area contributed by atoms with Crippen LogP contribution in [0, 0.1) is 11.3 Å². The average molecular weight is 321 g/mol. The van der Waals surface area contributed by atoms with E-state index in [1.165, 1.54) is 19.3 Å². The molecule has 0 unspecified atom stereocenters. The molecule has 126 valence electrons. The van der Waals surface area contributed by atoms with Crippen molar-refractivity contribution in [3.8, 4) is 0 Å². The summed E-state index contributed by atoms with van der Waals surface area (Å²) in [4.78, 5) is 12.0. The number of amides is 1. The fourth-order valence-electron chi connectivity index (χ4n) is 2.88. The lowest BCUT2D eigenvalue weighted by atomic mass is 9.71. The van der Waals surface area contributed by atoms with Crippen molar-refractivity contribution in [1.29, 1.82) is 0 Å². The summed E-state index contributed by atoms with van der Waals surface area (Å²) in [6.45, 7) is 7.14. The second-order valence-electron chi connectivity index (χ2n) is 6.61. The van der Waals surface area contributed by atoms with Gasteiger partial charge in [-0.25, -0.2) is 0 Å². The fourth-order valence-corrected chi connectivity index (χ4v) is 2.88. The van der Waals surface area contributed by atoms with Crippen LogP contribution in [0.4, 0.5) is 0 Å². The number of halogens is 1. The molecule has 0 heterocycles. The Balaban J connectivity index is 0.00000400. The number of hydrogen-bond donors (Lipinski definition) is 2. The van der Waals surface area contributed by atoms with E-state index in [-0.39, 0.29) is 23.7 Å². The molecule has 0 radical (unpaired) electrons. The van der Waals surface area contributed by atoms with Gasteiger partial charge in [0.25, 0.3) is 0 Å². The number of hydrogen-bond acceptors (Lipinski definition) is 3. The molecule has 0 aromatic carbocycles. The van der Waals surface area contributed by atoms with Gasteiger partial charge in [-0.1, -0.05) is 33.1 Å². The highest BCUT2D eigenvalue weighted by Gasteiger charge is 2.32. The van der Waals surface area contributed by atoms with Crippen LogP contribution < -0.4 is 11.1 Å². The van der Waals surface area contributed by atoms with Crippen molar-refractivity contribution in [3.05, 3.63) is 0 Å². The second-order valence-corrected chi connectivity index (χ2v) is 6.61. The summed E-state index contributed by atoms with van der Waals surface area (Å²) in [6, 6.07) is 0. The van der Waals surface area contributed by atoms with E-state index in [1.54, 1.807) is 0 Å². The minimum atomic E-state index is 0. The third kappa shape index (κ3) is 8.64. The molecule has 0 spiro atoms. The van der Waals surface area contributed by atoms with Gasteiger partial charge in [-0.15, -0.1) is 12.4 Å². The number of carbonyl (C=O) groups excluding carboxylic acids is 1. The Labute approximate surface area is 136 Å². The number of rotatable bonds is 9. The Kier molecular flexibility index (Phi) is 11.1. The normalized spacial score (nSPS) is 17.3. The second kappa shape index (κ2) is 11.3. The molecule has 0 aliphatic heterocycles. The maximum Gasteiger partial charge on any atom is 0.220 e. The topological polar surface area (TPSA) is 64.3 Å². The van der Waals surface area contributed by atoms with E-state index >= 15 is 0 Å². The lowest BCUT2D eigenvalue weighted by Gasteiger charge is -2.35. The predicted molar refractivity (Wildman–Crippen MR) is 89.7 cm³/mol. The van der Waals surface area contributed by atoms with Crippen molar-refractivity contribution in [3.63, 3.8) is 0 Å². The molecule has 1 saturated carbocycles. The zero-order chi connectivity index (χ0) is 14.8. The molecule has 1 amide bonds. The van der Waals surface area contributed by atoms with Crippen LogP contribution in [0.2, 0.25) is 0 Å². The van der Waals surface area contributed by atoms with Gasteiger partial charge in [-0.05, 0) is 37.1 Å². The number of nitrogens with one attached hydrogen (secondary N) is 1. The molecule has 3 N–H and O–H groups in total. The third-order valence-electron chi connectivity index (χ3n) is 4.12. The van der Waals surface area contributed by atoms with E-state index in [2.05, 4.69) is 19.2 Å². The first kappa shape index (κ1) is 20.7. The molecule has 5 heteroatoms. The third-order valence-corrected chi connectivity index (χ3v) is 4.12. The number of ether oxygens (including phenoxy) is 1. The summed E-state index contributed by atoms with van der Waals surface area (Å²) in [6.07, 6.45) is 7.41. The summed E-state index contributed by atoms with van der Waals surface area (Å²) in [5.41, 5.74) is 5.98. The van der Waals surface area contributed by atoms with Crippen molar-refractivity contribution >= 4 is 18.3 Å². The minimum Gasteiger partial charge on any atom is -0.381 e. The van der Waals surface area contributed by atoms with Gasteiger partial charge >= 0.3 is 0 Å². The van der Waals surface area contributed by atoms with Gasteiger partial charge in [-0.2, -0.15) is 0 Å². The summed E-state index contributed by atoms with van der Waals surface area (Å²) >= 11 is 0. The van der Waals surface area contributed by atoms with Crippen LogP contribution in [0.3, 0.4) is 0 Å². The van der Waals surface area contributed by atoms with Gasteiger partial charge in [0, 0.05) is 26.2 Å². The Morgan fingerprint density at radius 2 is 1.95 bits per heavy atom. The summed E-state index contributed by atoms with van der Waals surface area (Å²) in [7, 11) is 0. The van der Waals surface area contributed by atoms with E-state index in [0.717, 1.165) is 32.5 Å². The lowest BCUT2D eigenvalue weighted by molar-refractivity contribution is -0.123. The first-order chi connectivity index (χ1) is 9.58. The summed E-state index contributed by atoms with van der Waals surface area (Å²) in [5, 5.41) is 3.00. The van der Waals surface area contributed by atoms with E-state index in [4.69, 9.17) is 10.5 Å². The molecule has 4 nitrogen and oxygen atoms in total. The SMILES string of the molecule is CC(C)COCCCNC(=O)CC1(CN)CCCCC1.Cl. The smallest absolute Gasteiger partial charge is 0.220 e. The monoisotopic (exact) mass is 320 g/mol. The largest absolute Gasteiger partial charge is 0.381 e. The Hall–Kier alpha value is -0.320. The molecular formula is C16H33ClN2O2.